The van der Waals surface area contributed by atoms with Crippen LogP contribution in [-0.4, -0.2) is 39.9 Å². The van der Waals surface area contributed by atoms with Crippen LogP contribution in [-0.2, 0) is 0 Å². The van der Waals surface area contributed by atoms with Crippen molar-refractivity contribution in [2.24, 2.45) is 0 Å². The number of nitrogens with two attached hydrogens (primary N) is 1. The first-order valence-electron chi connectivity index (χ1n) is 8.43. The van der Waals surface area contributed by atoms with Crippen molar-refractivity contribution in [1.82, 2.24) is 14.9 Å². The number of hydrogen-bond acceptors (Lipinski definition) is 5. The van der Waals surface area contributed by atoms with Gasteiger partial charge in [0.05, 0.1) is 16.2 Å². The molecule has 3 aromatic rings. The van der Waals surface area contributed by atoms with Gasteiger partial charge in [-0.15, -0.1) is 0 Å². The van der Waals surface area contributed by atoms with E-state index in [-0.39, 0.29) is 11.9 Å². The second kappa shape index (κ2) is 6.80. The second-order valence-corrected chi connectivity index (χ2v) is 6.78. The Morgan fingerprint density at radius 3 is 2.96 bits per heavy atom. The summed E-state index contributed by atoms with van der Waals surface area (Å²) in [5.41, 5.74) is 7.62. The molecule has 1 fully saturated rings. The number of nitrogens with one attached hydrogen (secondary N) is 1. The topological polar surface area (TPSA) is 84.1 Å². The number of carbonyl (C=O) groups excluding carboxylic acids is 1. The van der Waals surface area contributed by atoms with E-state index in [2.05, 4.69) is 15.3 Å². The predicted octanol–water partition coefficient (Wildman–Crippen LogP) is 3.19. The summed E-state index contributed by atoms with van der Waals surface area (Å²) in [7, 11) is 0. The summed E-state index contributed by atoms with van der Waals surface area (Å²) in [6.45, 7) is 1.27. The van der Waals surface area contributed by atoms with Crippen LogP contribution in [0.15, 0.2) is 48.7 Å². The summed E-state index contributed by atoms with van der Waals surface area (Å²) in [5, 5.41) is 4.73. The van der Waals surface area contributed by atoms with E-state index in [1.165, 1.54) is 0 Å². The molecular weight excluding hydrogens is 350 g/mol. The molecule has 1 amide bonds. The minimum Gasteiger partial charge on any atom is -0.398 e. The van der Waals surface area contributed by atoms with Gasteiger partial charge < -0.3 is 16.0 Å². The van der Waals surface area contributed by atoms with Crippen LogP contribution in [0.5, 0.6) is 0 Å². The van der Waals surface area contributed by atoms with E-state index in [1.54, 1.807) is 29.3 Å². The maximum absolute atomic E-state index is 12.7. The summed E-state index contributed by atoms with van der Waals surface area (Å²) < 4.78 is 0. The van der Waals surface area contributed by atoms with E-state index in [9.17, 15) is 4.79 Å². The number of anilines is 2. The molecule has 7 heteroatoms. The Labute approximate surface area is 156 Å². The van der Waals surface area contributed by atoms with Crippen molar-refractivity contribution in [2.75, 3.05) is 24.1 Å². The van der Waals surface area contributed by atoms with E-state index in [4.69, 9.17) is 17.3 Å². The molecule has 1 saturated heterocycles. The molecule has 2 aromatic carbocycles. The minimum atomic E-state index is -0.0457. The van der Waals surface area contributed by atoms with Crippen LogP contribution in [0.4, 0.5) is 11.6 Å². The van der Waals surface area contributed by atoms with Crippen molar-refractivity contribution < 1.29 is 4.79 Å². The van der Waals surface area contributed by atoms with E-state index >= 15 is 0 Å². The molecule has 1 atom stereocenters. The van der Waals surface area contributed by atoms with Gasteiger partial charge in [0.25, 0.3) is 5.91 Å². The van der Waals surface area contributed by atoms with Gasteiger partial charge in [-0.05, 0) is 30.7 Å². The van der Waals surface area contributed by atoms with E-state index in [0.29, 0.717) is 35.3 Å². The maximum atomic E-state index is 12.7. The fourth-order valence-electron chi connectivity index (χ4n) is 3.13. The highest BCUT2D eigenvalue weighted by Gasteiger charge is 2.27. The lowest BCUT2D eigenvalue weighted by Gasteiger charge is -2.17. The van der Waals surface area contributed by atoms with Crippen molar-refractivity contribution in [3.63, 3.8) is 0 Å². The van der Waals surface area contributed by atoms with Gasteiger partial charge in [0.1, 0.15) is 0 Å². The van der Waals surface area contributed by atoms with Crippen molar-refractivity contribution in [3.8, 4) is 0 Å². The fraction of sp³-hybridized carbons (Fsp3) is 0.211. The number of likely N-dealkylation sites (tertiary alicyclic amines) is 1. The molecule has 3 N–H and O–H groups in total. The van der Waals surface area contributed by atoms with Crippen LogP contribution >= 0.6 is 11.6 Å². The Hall–Kier alpha value is -2.86. The lowest BCUT2D eigenvalue weighted by molar-refractivity contribution is 0.0791. The molecule has 0 radical (unpaired) electrons. The number of carbonyl (C=O) groups is 1. The summed E-state index contributed by atoms with van der Waals surface area (Å²) in [5.74, 6) is 0.536. The van der Waals surface area contributed by atoms with Crippen molar-refractivity contribution >= 4 is 40.0 Å². The highest BCUT2D eigenvalue weighted by atomic mass is 35.5. The minimum absolute atomic E-state index is 0.0457. The average molecular weight is 368 g/mol. The van der Waals surface area contributed by atoms with E-state index < -0.39 is 0 Å². The van der Waals surface area contributed by atoms with Crippen LogP contribution < -0.4 is 11.1 Å². The van der Waals surface area contributed by atoms with E-state index in [1.807, 2.05) is 24.3 Å². The largest absolute Gasteiger partial charge is 0.398 e. The summed E-state index contributed by atoms with van der Waals surface area (Å²) >= 11 is 6.02. The van der Waals surface area contributed by atoms with Gasteiger partial charge in [0.2, 0.25) is 5.95 Å². The standard InChI is InChI=1S/C19H18ClN5O/c20-15-9-12(5-6-16(15)21)18(26)25-8-7-14(11-25)23-19-22-10-13-3-1-2-4-17(13)24-19/h1-6,9-10,14H,7-8,11,21H2,(H,22,23,24)/t14-/m0/s1. The molecule has 26 heavy (non-hydrogen) atoms. The third-order valence-electron chi connectivity index (χ3n) is 4.55. The SMILES string of the molecule is Nc1ccc(C(=O)N2CC[C@H](Nc3ncc4ccccc4n3)C2)cc1Cl. The number of fused-ring (bicyclic) bond motifs is 1. The zero-order valence-corrected chi connectivity index (χ0v) is 14.8. The number of rotatable bonds is 3. The smallest absolute Gasteiger partial charge is 0.253 e. The van der Waals surface area contributed by atoms with Crippen LogP contribution in [0.25, 0.3) is 10.9 Å². The highest BCUT2D eigenvalue weighted by Crippen LogP contribution is 2.23. The Bertz CT molecular complexity index is 977. The highest BCUT2D eigenvalue weighted by molar-refractivity contribution is 6.33. The van der Waals surface area contributed by atoms with Crippen molar-refractivity contribution in [2.45, 2.75) is 12.5 Å². The first kappa shape index (κ1) is 16.6. The number of benzene rings is 2. The lowest BCUT2D eigenvalue weighted by Crippen LogP contribution is -2.31. The van der Waals surface area contributed by atoms with Crippen molar-refractivity contribution in [1.29, 1.82) is 0 Å². The normalized spacial score (nSPS) is 16.8. The number of nitrogens with zero attached hydrogens (tertiary/aromatic N) is 3. The monoisotopic (exact) mass is 367 g/mol. The number of halogens is 1. The molecule has 1 aromatic heterocycles. The summed E-state index contributed by atoms with van der Waals surface area (Å²) in [6, 6.07) is 12.9. The molecule has 132 valence electrons. The first-order chi connectivity index (χ1) is 12.6. The maximum Gasteiger partial charge on any atom is 0.253 e. The summed E-state index contributed by atoms with van der Waals surface area (Å²) in [4.78, 5) is 23.4. The van der Waals surface area contributed by atoms with Crippen LogP contribution in [0.1, 0.15) is 16.8 Å². The van der Waals surface area contributed by atoms with Gasteiger partial charge in [-0.25, -0.2) is 9.97 Å². The number of aromatic nitrogens is 2. The van der Waals surface area contributed by atoms with Crippen LogP contribution in [0, 0.1) is 0 Å². The molecule has 2 heterocycles. The average Bonchev–Trinajstić information content (AvgIpc) is 3.12. The molecule has 1 aliphatic rings. The third kappa shape index (κ3) is 3.28. The summed E-state index contributed by atoms with van der Waals surface area (Å²) in [6.07, 6.45) is 2.64. The van der Waals surface area contributed by atoms with Gasteiger partial charge in [-0.2, -0.15) is 0 Å². The molecule has 1 aliphatic heterocycles. The van der Waals surface area contributed by atoms with E-state index in [0.717, 1.165) is 17.3 Å². The third-order valence-corrected chi connectivity index (χ3v) is 4.87. The van der Waals surface area contributed by atoms with Gasteiger partial charge in [-0.1, -0.05) is 29.8 Å². The second-order valence-electron chi connectivity index (χ2n) is 6.37. The molecule has 0 aliphatic carbocycles. The molecule has 4 rings (SSSR count). The van der Waals surface area contributed by atoms with Gasteiger partial charge >= 0.3 is 0 Å². The van der Waals surface area contributed by atoms with Gasteiger partial charge in [0.15, 0.2) is 0 Å². The Morgan fingerprint density at radius 1 is 1.27 bits per heavy atom. The van der Waals surface area contributed by atoms with Crippen LogP contribution in [0.2, 0.25) is 5.02 Å². The Balaban J connectivity index is 1.44. The lowest BCUT2D eigenvalue weighted by atomic mass is 10.2. The molecule has 0 saturated carbocycles. The number of nitrogen functional groups attached to an aromatic ring is 1. The molecule has 0 unspecified atom stereocenters. The molecule has 0 spiro atoms. The van der Waals surface area contributed by atoms with Gasteiger partial charge in [-0.3, -0.25) is 4.79 Å². The number of amides is 1. The molecule has 0 bridgehead atoms. The van der Waals surface area contributed by atoms with Crippen molar-refractivity contribution in [3.05, 3.63) is 59.2 Å². The predicted molar refractivity (Wildman–Crippen MR) is 103 cm³/mol. The molecule has 6 nitrogen and oxygen atoms in total. The van der Waals surface area contributed by atoms with Crippen LogP contribution in [0.3, 0.4) is 0 Å². The first-order valence-corrected chi connectivity index (χ1v) is 8.80. The number of para-hydroxylation sites is 1. The zero-order chi connectivity index (χ0) is 18.1. The Morgan fingerprint density at radius 2 is 2.12 bits per heavy atom. The fourth-order valence-corrected chi connectivity index (χ4v) is 3.31. The number of hydrogen-bond donors (Lipinski definition) is 2. The Kier molecular flexibility index (Phi) is 4.34. The quantitative estimate of drug-likeness (QED) is 0.694. The van der Waals surface area contributed by atoms with Gasteiger partial charge in [0, 0.05) is 36.3 Å². The zero-order valence-electron chi connectivity index (χ0n) is 14.0. The molecular formula is C19H18ClN5O.